The highest BCUT2D eigenvalue weighted by molar-refractivity contribution is 9.10. The molecule has 2 aromatic rings. The van der Waals surface area contributed by atoms with E-state index in [1.165, 1.54) is 0 Å². The molecule has 0 unspecified atom stereocenters. The molecule has 2 aromatic carbocycles. The number of ether oxygens (including phenoxy) is 2. The Labute approximate surface area is 131 Å². The molecule has 0 saturated carbocycles. The average molecular weight is 348 g/mol. The SMILES string of the molecule is Cc1cc(Br)cc(NC(=O)c2ccc3c(c2)OCCO3)c1. The van der Waals surface area contributed by atoms with Crippen LogP contribution in [-0.2, 0) is 0 Å². The van der Waals surface area contributed by atoms with Crippen LogP contribution in [0.4, 0.5) is 5.69 Å². The van der Waals surface area contributed by atoms with Gasteiger partial charge in [-0.2, -0.15) is 0 Å². The molecular weight excluding hydrogens is 334 g/mol. The Hall–Kier alpha value is -2.01. The number of aryl methyl sites for hydroxylation is 1. The number of nitrogens with one attached hydrogen (secondary N) is 1. The molecule has 4 nitrogen and oxygen atoms in total. The Bertz CT molecular complexity index is 680. The third kappa shape index (κ3) is 3.19. The van der Waals surface area contributed by atoms with E-state index < -0.39 is 0 Å². The van der Waals surface area contributed by atoms with Gasteiger partial charge in [0.1, 0.15) is 13.2 Å². The van der Waals surface area contributed by atoms with E-state index in [2.05, 4.69) is 21.2 Å². The third-order valence-corrected chi connectivity index (χ3v) is 3.56. The van der Waals surface area contributed by atoms with Crippen LogP contribution in [0.15, 0.2) is 40.9 Å². The largest absolute Gasteiger partial charge is 0.486 e. The summed E-state index contributed by atoms with van der Waals surface area (Å²) in [4.78, 5) is 12.3. The van der Waals surface area contributed by atoms with Gasteiger partial charge in [-0.15, -0.1) is 0 Å². The average Bonchev–Trinajstić information content (AvgIpc) is 2.45. The minimum absolute atomic E-state index is 0.176. The molecule has 1 N–H and O–H groups in total. The van der Waals surface area contributed by atoms with E-state index in [4.69, 9.17) is 9.47 Å². The lowest BCUT2D eigenvalue weighted by Gasteiger charge is -2.18. The van der Waals surface area contributed by atoms with Crippen molar-refractivity contribution in [3.63, 3.8) is 0 Å². The molecule has 5 heteroatoms. The second-order valence-electron chi connectivity index (χ2n) is 4.83. The van der Waals surface area contributed by atoms with Gasteiger partial charge in [-0.25, -0.2) is 0 Å². The quantitative estimate of drug-likeness (QED) is 0.899. The van der Waals surface area contributed by atoms with Gasteiger partial charge < -0.3 is 14.8 Å². The zero-order chi connectivity index (χ0) is 14.8. The van der Waals surface area contributed by atoms with Crippen molar-refractivity contribution >= 4 is 27.5 Å². The third-order valence-electron chi connectivity index (χ3n) is 3.10. The summed E-state index contributed by atoms with van der Waals surface area (Å²) in [6.45, 7) is 3.02. The van der Waals surface area contributed by atoms with Gasteiger partial charge in [0.2, 0.25) is 0 Å². The van der Waals surface area contributed by atoms with Gasteiger partial charge in [0, 0.05) is 15.7 Å². The van der Waals surface area contributed by atoms with Crippen molar-refractivity contribution in [1.82, 2.24) is 0 Å². The maximum absolute atomic E-state index is 12.3. The molecule has 1 heterocycles. The minimum Gasteiger partial charge on any atom is -0.486 e. The molecule has 0 saturated heterocycles. The van der Waals surface area contributed by atoms with Gasteiger partial charge >= 0.3 is 0 Å². The van der Waals surface area contributed by atoms with E-state index >= 15 is 0 Å². The van der Waals surface area contributed by atoms with Crippen molar-refractivity contribution in [2.75, 3.05) is 18.5 Å². The number of halogens is 1. The highest BCUT2D eigenvalue weighted by Crippen LogP contribution is 2.31. The van der Waals surface area contributed by atoms with E-state index in [1.807, 2.05) is 25.1 Å². The van der Waals surface area contributed by atoms with Gasteiger partial charge in [-0.05, 0) is 48.9 Å². The highest BCUT2D eigenvalue weighted by atomic mass is 79.9. The van der Waals surface area contributed by atoms with Crippen LogP contribution in [0, 0.1) is 6.92 Å². The summed E-state index contributed by atoms with van der Waals surface area (Å²) >= 11 is 3.42. The Morgan fingerprint density at radius 2 is 1.86 bits per heavy atom. The van der Waals surface area contributed by atoms with Crippen molar-refractivity contribution in [1.29, 1.82) is 0 Å². The van der Waals surface area contributed by atoms with Gasteiger partial charge in [0.25, 0.3) is 5.91 Å². The lowest BCUT2D eigenvalue weighted by Crippen LogP contribution is -2.17. The maximum Gasteiger partial charge on any atom is 0.255 e. The summed E-state index contributed by atoms with van der Waals surface area (Å²) < 4.78 is 11.9. The minimum atomic E-state index is -0.176. The van der Waals surface area contributed by atoms with Crippen LogP contribution in [-0.4, -0.2) is 19.1 Å². The lowest BCUT2D eigenvalue weighted by atomic mass is 10.1. The van der Waals surface area contributed by atoms with Crippen LogP contribution < -0.4 is 14.8 Å². The number of rotatable bonds is 2. The van der Waals surface area contributed by atoms with Gasteiger partial charge in [0.05, 0.1) is 0 Å². The van der Waals surface area contributed by atoms with Crippen LogP contribution in [0.25, 0.3) is 0 Å². The molecule has 108 valence electrons. The second kappa shape index (κ2) is 5.77. The number of anilines is 1. The van der Waals surface area contributed by atoms with Crippen LogP contribution in [0.5, 0.6) is 11.5 Å². The molecule has 0 radical (unpaired) electrons. The number of carbonyl (C=O) groups is 1. The number of carbonyl (C=O) groups excluding carboxylic acids is 1. The summed E-state index contributed by atoms with van der Waals surface area (Å²) in [6, 6.07) is 11.0. The summed E-state index contributed by atoms with van der Waals surface area (Å²) in [5.41, 5.74) is 2.36. The number of hydrogen-bond acceptors (Lipinski definition) is 3. The first kappa shape index (κ1) is 13.9. The van der Waals surface area contributed by atoms with Crippen LogP contribution in [0.1, 0.15) is 15.9 Å². The van der Waals surface area contributed by atoms with E-state index in [1.54, 1.807) is 18.2 Å². The van der Waals surface area contributed by atoms with E-state index in [0.29, 0.717) is 30.3 Å². The molecule has 0 atom stereocenters. The molecule has 0 fully saturated rings. The van der Waals surface area contributed by atoms with Gasteiger partial charge in [-0.1, -0.05) is 15.9 Å². The molecule has 1 aliphatic rings. The molecule has 21 heavy (non-hydrogen) atoms. The first-order valence-electron chi connectivity index (χ1n) is 6.60. The van der Waals surface area contributed by atoms with E-state index in [0.717, 1.165) is 15.7 Å². The Kier molecular flexibility index (Phi) is 3.84. The topological polar surface area (TPSA) is 47.6 Å². The molecule has 0 spiro atoms. The smallest absolute Gasteiger partial charge is 0.255 e. The number of amides is 1. The van der Waals surface area contributed by atoms with Crippen molar-refractivity contribution in [3.8, 4) is 11.5 Å². The summed E-state index contributed by atoms with van der Waals surface area (Å²) in [6.07, 6.45) is 0. The predicted molar refractivity (Wildman–Crippen MR) is 84.3 cm³/mol. The van der Waals surface area contributed by atoms with Crippen molar-refractivity contribution in [2.24, 2.45) is 0 Å². The van der Waals surface area contributed by atoms with Crippen LogP contribution in [0.2, 0.25) is 0 Å². The van der Waals surface area contributed by atoms with E-state index in [-0.39, 0.29) is 5.91 Å². The fourth-order valence-corrected chi connectivity index (χ4v) is 2.80. The highest BCUT2D eigenvalue weighted by Gasteiger charge is 2.15. The summed E-state index contributed by atoms with van der Waals surface area (Å²) in [5, 5.41) is 2.88. The number of benzene rings is 2. The zero-order valence-corrected chi connectivity index (χ0v) is 13.1. The van der Waals surface area contributed by atoms with Gasteiger partial charge in [-0.3, -0.25) is 4.79 Å². The monoisotopic (exact) mass is 347 g/mol. The second-order valence-corrected chi connectivity index (χ2v) is 5.75. The first-order valence-corrected chi connectivity index (χ1v) is 7.39. The molecule has 1 aliphatic heterocycles. The number of fused-ring (bicyclic) bond motifs is 1. The molecule has 0 bridgehead atoms. The molecular formula is C16H14BrNO3. The standard InChI is InChI=1S/C16H14BrNO3/c1-10-6-12(17)9-13(7-10)18-16(19)11-2-3-14-15(8-11)21-5-4-20-14/h2-3,6-9H,4-5H2,1H3,(H,18,19). The van der Waals surface area contributed by atoms with Crippen LogP contribution >= 0.6 is 15.9 Å². The predicted octanol–water partition coefficient (Wildman–Crippen LogP) is 3.78. The van der Waals surface area contributed by atoms with Crippen molar-refractivity contribution in [2.45, 2.75) is 6.92 Å². The van der Waals surface area contributed by atoms with Crippen molar-refractivity contribution in [3.05, 3.63) is 52.0 Å². The Balaban J connectivity index is 1.82. The normalized spacial score (nSPS) is 12.9. The maximum atomic E-state index is 12.3. The lowest BCUT2D eigenvalue weighted by molar-refractivity contribution is 0.102. The van der Waals surface area contributed by atoms with Crippen LogP contribution in [0.3, 0.4) is 0 Å². The first-order chi connectivity index (χ1) is 10.1. The summed E-state index contributed by atoms with van der Waals surface area (Å²) in [5.74, 6) is 1.11. The Morgan fingerprint density at radius 1 is 1.10 bits per heavy atom. The number of hydrogen-bond donors (Lipinski definition) is 1. The van der Waals surface area contributed by atoms with Crippen molar-refractivity contribution < 1.29 is 14.3 Å². The molecule has 0 aromatic heterocycles. The van der Waals surface area contributed by atoms with E-state index in [9.17, 15) is 4.79 Å². The summed E-state index contributed by atoms with van der Waals surface area (Å²) in [7, 11) is 0. The fraction of sp³-hybridized carbons (Fsp3) is 0.188. The van der Waals surface area contributed by atoms with Gasteiger partial charge in [0.15, 0.2) is 11.5 Å². The molecule has 3 rings (SSSR count). The zero-order valence-electron chi connectivity index (χ0n) is 11.5. The molecule has 0 aliphatic carbocycles. The molecule has 1 amide bonds. The fourth-order valence-electron chi connectivity index (χ4n) is 2.20. The Morgan fingerprint density at radius 3 is 2.62 bits per heavy atom.